The van der Waals surface area contributed by atoms with Crippen molar-refractivity contribution < 1.29 is 0 Å². The zero-order valence-electron chi connectivity index (χ0n) is 6.11. The molecule has 0 nitrogen and oxygen atoms in total. The highest BCUT2D eigenvalue weighted by molar-refractivity contribution is 14.1. The molecule has 0 fully saturated rings. The predicted octanol–water partition coefficient (Wildman–Crippen LogP) is 1.70. The SMILES string of the molecule is [B]c1cc(C)cc(I)c1C. The molecule has 0 spiro atoms. The Balaban J connectivity index is 3.31. The first-order valence-electron chi connectivity index (χ1n) is 3.13. The van der Waals surface area contributed by atoms with Crippen LogP contribution in [0.1, 0.15) is 11.1 Å². The van der Waals surface area contributed by atoms with Gasteiger partial charge in [-0.2, -0.15) is 0 Å². The first-order valence-corrected chi connectivity index (χ1v) is 4.21. The zero-order chi connectivity index (χ0) is 7.72. The minimum absolute atomic E-state index is 0.893. The Bertz CT molecular complexity index is 232. The second-order valence-corrected chi connectivity index (χ2v) is 3.62. The van der Waals surface area contributed by atoms with Crippen molar-refractivity contribution in [3.8, 4) is 0 Å². The minimum atomic E-state index is 0.893. The van der Waals surface area contributed by atoms with Gasteiger partial charge in [0.15, 0.2) is 0 Å². The van der Waals surface area contributed by atoms with Gasteiger partial charge in [-0.3, -0.25) is 0 Å². The molecule has 0 heterocycles. The molecular formula is C8H8BI. The zero-order valence-corrected chi connectivity index (χ0v) is 8.27. The van der Waals surface area contributed by atoms with E-state index in [2.05, 4.69) is 35.6 Å². The molecule has 2 radical (unpaired) electrons. The van der Waals surface area contributed by atoms with Gasteiger partial charge in [0.05, 0.1) is 0 Å². The third-order valence-electron chi connectivity index (χ3n) is 1.53. The Morgan fingerprint density at radius 1 is 1.30 bits per heavy atom. The maximum atomic E-state index is 5.72. The van der Waals surface area contributed by atoms with E-state index in [1.54, 1.807) is 0 Å². The van der Waals surface area contributed by atoms with Crippen LogP contribution in [0, 0.1) is 17.4 Å². The van der Waals surface area contributed by atoms with Crippen LogP contribution in [0.15, 0.2) is 12.1 Å². The highest BCUT2D eigenvalue weighted by Gasteiger charge is 1.96. The molecule has 0 amide bonds. The normalized spacial score (nSPS) is 9.90. The molecule has 0 aromatic heterocycles. The van der Waals surface area contributed by atoms with E-state index in [4.69, 9.17) is 7.85 Å². The van der Waals surface area contributed by atoms with Gasteiger partial charge >= 0.3 is 0 Å². The van der Waals surface area contributed by atoms with Crippen LogP contribution in [0.3, 0.4) is 0 Å². The summed E-state index contributed by atoms with van der Waals surface area (Å²) in [6.45, 7) is 4.09. The van der Waals surface area contributed by atoms with Crippen LogP contribution in [0.4, 0.5) is 0 Å². The van der Waals surface area contributed by atoms with Crippen molar-refractivity contribution in [3.05, 3.63) is 26.8 Å². The third-order valence-corrected chi connectivity index (χ3v) is 2.65. The average Bonchev–Trinajstić information content (AvgIpc) is 1.82. The lowest BCUT2D eigenvalue weighted by atomic mass is 9.90. The fourth-order valence-electron chi connectivity index (χ4n) is 0.841. The summed E-state index contributed by atoms with van der Waals surface area (Å²) in [5.41, 5.74) is 3.31. The smallest absolute Gasteiger partial charge is 0.0925 e. The molecule has 0 unspecified atom stereocenters. The van der Waals surface area contributed by atoms with Gasteiger partial charge in [-0.15, -0.1) is 0 Å². The van der Waals surface area contributed by atoms with E-state index in [1.807, 2.05) is 13.0 Å². The lowest BCUT2D eigenvalue weighted by molar-refractivity contribution is 1.39. The molecule has 0 aliphatic heterocycles. The number of rotatable bonds is 0. The average molecular weight is 242 g/mol. The molecule has 0 aliphatic rings. The molecule has 0 atom stereocenters. The molecular weight excluding hydrogens is 234 g/mol. The molecule has 10 heavy (non-hydrogen) atoms. The predicted molar refractivity (Wildman–Crippen MR) is 54.0 cm³/mol. The third kappa shape index (κ3) is 1.54. The van der Waals surface area contributed by atoms with Crippen LogP contribution in [-0.2, 0) is 0 Å². The number of hydrogen-bond acceptors (Lipinski definition) is 0. The molecule has 1 aromatic carbocycles. The second-order valence-electron chi connectivity index (χ2n) is 2.46. The van der Waals surface area contributed by atoms with E-state index >= 15 is 0 Å². The summed E-state index contributed by atoms with van der Waals surface area (Å²) in [7, 11) is 5.72. The monoisotopic (exact) mass is 242 g/mol. The maximum absolute atomic E-state index is 5.72. The highest BCUT2D eigenvalue weighted by atomic mass is 127. The highest BCUT2D eigenvalue weighted by Crippen LogP contribution is 2.09. The van der Waals surface area contributed by atoms with Gasteiger partial charge < -0.3 is 0 Å². The van der Waals surface area contributed by atoms with E-state index in [0.29, 0.717) is 0 Å². The number of halogens is 1. The quantitative estimate of drug-likeness (QED) is 0.479. The second kappa shape index (κ2) is 2.95. The molecule has 0 saturated carbocycles. The molecule has 0 aliphatic carbocycles. The molecule has 0 bridgehead atoms. The van der Waals surface area contributed by atoms with Gasteiger partial charge in [-0.05, 0) is 48.1 Å². The number of hydrogen-bond donors (Lipinski definition) is 0. The summed E-state index contributed by atoms with van der Waals surface area (Å²) < 4.78 is 1.25. The summed E-state index contributed by atoms with van der Waals surface area (Å²) in [6.07, 6.45) is 0. The van der Waals surface area contributed by atoms with Crippen molar-refractivity contribution in [2.75, 3.05) is 0 Å². The summed E-state index contributed by atoms with van der Waals surface area (Å²) in [5, 5.41) is 0. The van der Waals surface area contributed by atoms with Gasteiger partial charge in [0.25, 0.3) is 0 Å². The van der Waals surface area contributed by atoms with Crippen molar-refractivity contribution in [2.45, 2.75) is 13.8 Å². The van der Waals surface area contributed by atoms with Crippen LogP contribution in [0.5, 0.6) is 0 Å². The Kier molecular flexibility index (Phi) is 2.39. The van der Waals surface area contributed by atoms with Crippen molar-refractivity contribution in [1.29, 1.82) is 0 Å². The van der Waals surface area contributed by atoms with Gasteiger partial charge in [0.2, 0.25) is 0 Å². The molecule has 0 saturated heterocycles. The van der Waals surface area contributed by atoms with Crippen LogP contribution >= 0.6 is 22.6 Å². The van der Waals surface area contributed by atoms with Gasteiger partial charge in [-0.1, -0.05) is 17.1 Å². The summed E-state index contributed by atoms with van der Waals surface area (Å²) in [4.78, 5) is 0. The fourth-order valence-corrected chi connectivity index (χ4v) is 1.64. The lowest BCUT2D eigenvalue weighted by Crippen LogP contribution is -2.09. The van der Waals surface area contributed by atoms with E-state index in [9.17, 15) is 0 Å². The van der Waals surface area contributed by atoms with E-state index in [-0.39, 0.29) is 0 Å². The fraction of sp³-hybridized carbons (Fsp3) is 0.250. The Hall–Kier alpha value is 0.0149. The van der Waals surface area contributed by atoms with Crippen molar-refractivity contribution in [2.24, 2.45) is 0 Å². The summed E-state index contributed by atoms with van der Waals surface area (Å²) in [5.74, 6) is 0. The first kappa shape index (κ1) is 8.11. The lowest BCUT2D eigenvalue weighted by Gasteiger charge is -2.03. The Labute approximate surface area is 76.6 Å². The van der Waals surface area contributed by atoms with Gasteiger partial charge in [0.1, 0.15) is 7.85 Å². The minimum Gasteiger partial charge on any atom is -0.0925 e. The van der Waals surface area contributed by atoms with E-state index < -0.39 is 0 Å². The van der Waals surface area contributed by atoms with Crippen molar-refractivity contribution in [1.82, 2.24) is 0 Å². The summed E-state index contributed by atoms with van der Waals surface area (Å²) >= 11 is 2.30. The van der Waals surface area contributed by atoms with Crippen LogP contribution in [0.2, 0.25) is 0 Å². The molecule has 1 aromatic rings. The molecule has 0 N–H and O–H groups in total. The maximum Gasteiger partial charge on any atom is 0.114 e. The van der Waals surface area contributed by atoms with Crippen LogP contribution < -0.4 is 5.46 Å². The number of aryl methyl sites for hydroxylation is 1. The summed E-state index contributed by atoms with van der Waals surface area (Å²) in [6, 6.07) is 4.13. The number of benzene rings is 1. The molecule has 1 rings (SSSR count). The van der Waals surface area contributed by atoms with Crippen molar-refractivity contribution in [3.63, 3.8) is 0 Å². The molecule has 50 valence electrons. The standard InChI is InChI=1S/C8H8BI/c1-5-3-7(9)6(2)8(10)4-5/h3-4H,1-2H3. The Morgan fingerprint density at radius 3 is 2.40 bits per heavy atom. The van der Waals surface area contributed by atoms with Crippen LogP contribution in [-0.4, -0.2) is 7.85 Å². The topological polar surface area (TPSA) is 0 Å². The van der Waals surface area contributed by atoms with Gasteiger partial charge in [0, 0.05) is 3.57 Å². The Morgan fingerprint density at radius 2 is 1.90 bits per heavy atom. The van der Waals surface area contributed by atoms with Crippen LogP contribution in [0.25, 0.3) is 0 Å². The van der Waals surface area contributed by atoms with Crippen molar-refractivity contribution >= 4 is 35.9 Å². The van der Waals surface area contributed by atoms with E-state index in [0.717, 1.165) is 5.46 Å². The van der Waals surface area contributed by atoms with Gasteiger partial charge in [-0.25, -0.2) is 0 Å². The largest absolute Gasteiger partial charge is 0.114 e. The first-order chi connectivity index (χ1) is 4.61. The van der Waals surface area contributed by atoms with E-state index in [1.165, 1.54) is 14.7 Å². The molecule has 2 heteroatoms.